The fourth-order valence-corrected chi connectivity index (χ4v) is 2.13. The quantitative estimate of drug-likeness (QED) is 0.286. The van der Waals surface area contributed by atoms with Crippen molar-refractivity contribution in [1.82, 2.24) is 25.6 Å². The smallest absolute Gasteiger partial charge is 0.280 e. The van der Waals surface area contributed by atoms with E-state index in [0.29, 0.717) is 12.1 Å². The van der Waals surface area contributed by atoms with E-state index in [2.05, 4.69) is 37.6 Å². The van der Waals surface area contributed by atoms with Gasteiger partial charge in [0, 0.05) is 24.1 Å². The molecule has 1 aromatic carbocycles. The lowest BCUT2D eigenvalue weighted by Crippen LogP contribution is -2.35. The van der Waals surface area contributed by atoms with Gasteiger partial charge in [-0.3, -0.25) is 20.6 Å². The lowest BCUT2D eigenvalue weighted by molar-refractivity contribution is -0.143. The van der Waals surface area contributed by atoms with Gasteiger partial charge in [-0.2, -0.15) is 26.3 Å². The van der Waals surface area contributed by atoms with E-state index in [1.165, 1.54) is 12.4 Å². The van der Waals surface area contributed by atoms with Crippen molar-refractivity contribution in [3.8, 4) is 11.4 Å². The monoisotopic (exact) mass is 459 g/mol. The Morgan fingerprint density at radius 1 is 1.09 bits per heavy atom. The fourth-order valence-electron chi connectivity index (χ4n) is 2.13. The average molecular weight is 459 g/mol. The van der Waals surface area contributed by atoms with Crippen LogP contribution in [-0.4, -0.2) is 33.6 Å². The first-order chi connectivity index (χ1) is 14.9. The van der Waals surface area contributed by atoms with E-state index in [-0.39, 0.29) is 11.9 Å². The van der Waals surface area contributed by atoms with Crippen LogP contribution in [0.4, 0.5) is 26.3 Å². The van der Waals surface area contributed by atoms with Crippen molar-refractivity contribution in [2.75, 3.05) is 0 Å². The predicted molar refractivity (Wildman–Crippen MR) is 104 cm³/mol. The Labute approximate surface area is 177 Å². The average Bonchev–Trinajstić information content (AvgIpc) is 3.20. The highest BCUT2D eigenvalue weighted by Gasteiger charge is 2.37. The highest BCUT2D eigenvalue weighted by molar-refractivity contribution is 5.89. The molecule has 0 aliphatic heterocycles. The maximum absolute atomic E-state index is 13.0. The van der Waals surface area contributed by atoms with Crippen LogP contribution in [-0.2, 0) is 17.1 Å². The standard InChI is InChI=1S/C18H15F6N7O/c1-3-26-9-14(25-2)28-29-15(32)4-5-31-10-27-16(30-31)11-6-12(17(19,20)21)8-13(7-11)18(22,23)24/h3-10,28H,2H2,1H3,(H,29,32)/b5-4-,14-9+,26-3-. The van der Waals surface area contributed by atoms with Crippen LogP contribution in [0.1, 0.15) is 18.1 Å². The number of halogens is 6. The van der Waals surface area contributed by atoms with Gasteiger partial charge in [0.2, 0.25) is 0 Å². The van der Waals surface area contributed by atoms with E-state index in [1.54, 1.807) is 6.92 Å². The number of aliphatic imine (C=N–C) groups is 2. The minimum Gasteiger partial charge on any atom is -0.280 e. The van der Waals surface area contributed by atoms with Crippen LogP contribution in [0.2, 0.25) is 0 Å². The maximum atomic E-state index is 13.0. The molecule has 0 spiro atoms. The van der Waals surface area contributed by atoms with Gasteiger partial charge in [0.1, 0.15) is 6.33 Å². The lowest BCUT2D eigenvalue weighted by atomic mass is 10.0. The summed E-state index contributed by atoms with van der Waals surface area (Å²) in [5.74, 6) is -0.948. The minimum absolute atomic E-state index is 0.00433. The van der Waals surface area contributed by atoms with Gasteiger partial charge < -0.3 is 0 Å². The van der Waals surface area contributed by atoms with Crippen LogP contribution in [0.25, 0.3) is 17.6 Å². The van der Waals surface area contributed by atoms with Gasteiger partial charge in [-0.1, -0.05) is 0 Å². The van der Waals surface area contributed by atoms with E-state index in [1.807, 2.05) is 0 Å². The van der Waals surface area contributed by atoms with Crippen LogP contribution < -0.4 is 10.9 Å². The van der Waals surface area contributed by atoms with Gasteiger partial charge in [0.05, 0.1) is 17.3 Å². The summed E-state index contributed by atoms with van der Waals surface area (Å²) in [5.41, 5.74) is 1.18. The second-order valence-corrected chi connectivity index (χ2v) is 5.85. The van der Waals surface area contributed by atoms with Crippen molar-refractivity contribution in [3.63, 3.8) is 0 Å². The maximum Gasteiger partial charge on any atom is 0.416 e. The summed E-state index contributed by atoms with van der Waals surface area (Å²) in [6.45, 7) is 4.93. The van der Waals surface area contributed by atoms with E-state index < -0.39 is 40.8 Å². The molecule has 14 heteroatoms. The van der Waals surface area contributed by atoms with Gasteiger partial charge in [-0.15, -0.1) is 5.10 Å². The number of benzene rings is 1. The number of rotatable bonds is 7. The van der Waals surface area contributed by atoms with Gasteiger partial charge in [-0.05, 0) is 31.8 Å². The number of nitrogens with zero attached hydrogens (tertiary/aromatic N) is 5. The van der Waals surface area contributed by atoms with Crippen molar-refractivity contribution in [1.29, 1.82) is 0 Å². The molecule has 0 atom stereocenters. The number of carbonyl (C=O) groups excluding carboxylic acids is 1. The molecule has 0 unspecified atom stereocenters. The highest BCUT2D eigenvalue weighted by atomic mass is 19.4. The summed E-state index contributed by atoms with van der Waals surface area (Å²) < 4.78 is 78.9. The fraction of sp³-hybridized carbons (Fsp3) is 0.167. The zero-order valence-corrected chi connectivity index (χ0v) is 16.2. The molecule has 0 fully saturated rings. The molecule has 1 aromatic heterocycles. The Hall–Kier alpha value is -3.97. The number of hydrogen-bond acceptors (Lipinski definition) is 6. The molecular formula is C18H15F6N7O. The molecule has 0 aliphatic carbocycles. The molecule has 1 heterocycles. The number of hydrazine groups is 1. The Bertz CT molecular complexity index is 1030. The molecule has 2 rings (SSSR count). The molecule has 2 aromatic rings. The molecule has 1 amide bonds. The van der Waals surface area contributed by atoms with Crippen molar-refractivity contribution in [2.45, 2.75) is 19.3 Å². The number of hydrogen-bond donors (Lipinski definition) is 2. The Morgan fingerprint density at radius 2 is 1.72 bits per heavy atom. The van der Waals surface area contributed by atoms with Gasteiger partial charge in [0.25, 0.3) is 5.91 Å². The SMILES string of the molecule is C=N/C(=C\N=C/C)NNC(=O)/C=C\n1cnc(-c2cc(C(F)(F)F)cc(C(F)(F)F)c2)n1. The molecule has 0 aliphatic rings. The third-order valence-corrected chi connectivity index (χ3v) is 3.56. The molecule has 0 radical (unpaired) electrons. The van der Waals surface area contributed by atoms with Crippen molar-refractivity contribution < 1.29 is 31.1 Å². The summed E-state index contributed by atoms with van der Waals surface area (Å²) in [6.07, 6.45) is -4.18. The molecule has 0 saturated heterocycles. The van der Waals surface area contributed by atoms with Crippen LogP contribution >= 0.6 is 0 Å². The van der Waals surface area contributed by atoms with Crippen LogP contribution in [0.15, 0.2) is 52.6 Å². The molecule has 0 saturated carbocycles. The summed E-state index contributed by atoms with van der Waals surface area (Å²) in [4.78, 5) is 22.8. The van der Waals surface area contributed by atoms with Gasteiger partial charge in [-0.25, -0.2) is 14.7 Å². The normalized spacial score (nSPS) is 13.0. The van der Waals surface area contributed by atoms with E-state index in [4.69, 9.17) is 0 Å². The summed E-state index contributed by atoms with van der Waals surface area (Å²) in [6, 6.07) is 1.01. The van der Waals surface area contributed by atoms with E-state index >= 15 is 0 Å². The van der Waals surface area contributed by atoms with E-state index in [9.17, 15) is 31.1 Å². The second kappa shape index (κ2) is 9.89. The first-order valence-electron chi connectivity index (χ1n) is 8.54. The molecule has 32 heavy (non-hydrogen) atoms. The lowest BCUT2D eigenvalue weighted by Gasteiger charge is -2.13. The first kappa shape index (κ1) is 24.3. The highest BCUT2D eigenvalue weighted by Crippen LogP contribution is 2.37. The predicted octanol–water partition coefficient (Wildman–Crippen LogP) is 3.66. The van der Waals surface area contributed by atoms with E-state index in [0.717, 1.165) is 23.3 Å². The van der Waals surface area contributed by atoms with Crippen molar-refractivity contribution in [3.05, 3.63) is 53.8 Å². The van der Waals surface area contributed by atoms with Crippen molar-refractivity contribution in [2.24, 2.45) is 9.98 Å². The number of alkyl halides is 6. The third-order valence-electron chi connectivity index (χ3n) is 3.56. The number of aromatic nitrogens is 3. The third kappa shape index (κ3) is 6.78. The molecule has 0 bridgehead atoms. The Morgan fingerprint density at radius 3 is 2.25 bits per heavy atom. The van der Waals surface area contributed by atoms with Crippen LogP contribution in [0.3, 0.4) is 0 Å². The summed E-state index contributed by atoms with van der Waals surface area (Å²) >= 11 is 0. The summed E-state index contributed by atoms with van der Waals surface area (Å²) in [5, 5.41) is 3.78. The molecule has 8 nitrogen and oxygen atoms in total. The van der Waals surface area contributed by atoms with Crippen LogP contribution in [0.5, 0.6) is 0 Å². The Balaban J connectivity index is 2.20. The number of nitrogens with one attached hydrogen (secondary N) is 2. The Kier molecular flexibility index (Phi) is 7.51. The minimum atomic E-state index is -5.00. The first-order valence-corrected chi connectivity index (χ1v) is 8.54. The zero-order valence-electron chi connectivity index (χ0n) is 16.2. The molecular weight excluding hydrogens is 444 g/mol. The van der Waals surface area contributed by atoms with Crippen LogP contribution in [0, 0.1) is 0 Å². The zero-order chi connectivity index (χ0) is 23.9. The molecule has 2 N–H and O–H groups in total. The van der Waals surface area contributed by atoms with Gasteiger partial charge in [0.15, 0.2) is 11.6 Å². The topological polar surface area (TPSA) is 96.6 Å². The molecule has 170 valence electrons. The summed E-state index contributed by atoms with van der Waals surface area (Å²) in [7, 11) is 0. The van der Waals surface area contributed by atoms with Crippen molar-refractivity contribution >= 4 is 25.0 Å². The number of amides is 1. The van der Waals surface area contributed by atoms with Gasteiger partial charge >= 0.3 is 12.4 Å². The number of carbonyl (C=O) groups is 1. The second-order valence-electron chi connectivity index (χ2n) is 5.85. The largest absolute Gasteiger partial charge is 0.416 e.